The van der Waals surface area contributed by atoms with Gasteiger partial charge in [-0.25, -0.2) is 9.97 Å². The van der Waals surface area contributed by atoms with Crippen LogP contribution in [-0.4, -0.2) is 28.9 Å². The molecule has 2 aromatic heterocycles. The van der Waals surface area contributed by atoms with Crippen LogP contribution in [0.3, 0.4) is 0 Å². The average Bonchev–Trinajstić information content (AvgIpc) is 2.87. The van der Waals surface area contributed by atoms with E-state index in [0.717, 1.165) is 34.1 Å². The summed E-state index contributed by atoms with van der Waals surface area (Å²) in [5.41, 5.74) is 3.81. The smallest absolute Gasteiger partial charge is 0.221 e. The van der Waals surface area contributed by atoms with Crippen LogP contribution in [0.4, 0.5) is 0 Å². The summed E-state index contributed by atoms with van der Waals surface area (Å²) < 4.78 is 16.3. The van der Waals surface area contributed by atoms with Gasteiger partial charge in [0, 0.05) is 23.2 Å². The van der Waals surface area contributed by atoms with Crippen LogP contribution in [0.1, 0.15) is 23.7 Å². The predicted molar refractivity (Wildman–Crippen MR) is 133 cm³/mol. The molecule has 0 spiro atoms. The quantitative estimate of drug-likeness (QED) is 0.249. The van der Waals surface area contributed by atoms with Crippen molar-refractivity contribution >= 4 is 34.9 Å². The summed E-state index contributed by atoms with van der Waals surface area (Å²) >= 11 is 0. The van der Waals surface area contributed by atoms with Gasteiger partial charge in [-0.15, -0.1) is 0 Å². The molecule has 0 radical (unpaired) electrons. The predicted octanol–water partition coefficient (Wildman–Crippen LogP) is 5.75. The average molecular weight is 453 g/mol. The van der Waals surface area contributed by atoms with E-state index in [1.165, 1.54) is 0 Å². The van der Waals surface area contributed by atoms with Crippen LogP contribution in [0.5, 0.6) is 11.6 Å². The first-order chi connectivity index (χ1) is 16.7. The summed E-state index contributed by atoms with van der Waals surface area (Å²) in [6.45, 7) is 2.78. The van der Waals surface area contributed by atoms with Crippen molar-refractivity contribution in [3.05, 3.63) is 95.8 Å². The first kappa shape index (κ1) is 22.7. The van der Waals surface area contributed by atoms with Gasteiger partial charge in [-0.3, -0.25) is 10.8 Å². The van der Waals surface area contributed by atoms with E-state index in [1.54, 1.807) is 18.3 Å². The molecule has 2 N–H and O–H groups in total. The van der Waals surface area contributed by atoms with Gasteiger partial charge < -0.3 is 14.2 Å². The van der Waals surface area contributed by atoms with Gasteiger partial charge in [0.1, 0.15) is 12.4 Å². The fourth-order valence-corrected chi connectivity index (χ4v) is 3.36. The number of nitrogens with zero attached hydrogens (tertiary/aromatic N) is 2. The maximum atomic E-state index is 8.23. The Morgan fingerprint density at radius 2 is 1.76 bits per heavy atom. The monoisotopic (exact) mass is 452 g/mol. The van der Waals surface area contributed by atoms with Crippen molar-refractivity contribution in [3.63, 3.8) is 0 Å². The number of benzene rings is 2. The largest absolute Gasteiger partial charge is 0.487 e. The molecule has 0 aliphatic rings. The van der Waals surface area contributed by atoms with E-state index >= 15 is 0 Å². The second-order valence-corrected chi connectivity index (χ2v) is 7.29. The number of nitrogens with one attached hydrogen (secondary N) is 2. The highest BCUT2D eigenvalue weighted by molar-refractivity contribution is 6.24. The first-order valence-electron chi connectivity index (χ1n) is 10.8. The van der Waals surface area contributed by atoms with Gasteiger partial charge in [0.15, 0.2) is 6.40 Å². The van der Waals surface area contributed by atoms with Crippen LogP contribution in [0.2, 0.25) is 0 Å². The normalized spacial score (nSPS) is 11.1. The molecule has 34 heavy (non-hydrogen) atoms. The lowest BCUT2D eigenvalue weighted by Gasteiger charge is -2.11. The van der Waals surface area contributed by atoms with E-state index in [4.69, 9.17) is 25.0 Å². The summed E-state index contributed by atoms with van der Waals surface area (Å²) in [6, 6.07) is 22.9. The molecule has 7 nitrogen and oxygen atoms in total. The summed E-state index contributed by atoms with van der Waals surface area (Å²) in [5, 5.41) is 16.5. The zero-order chi connectivity index (χ0) is 23.8. The van der Waals surface area contributed by atoms with Crippen LogP contribution < -0.4 is 9.47 Å². The van der Waals surface area contributed by atoms with Gasteiger partial charge in [0.05, 0.1) is 17.8 Å². The highest BCUT2D eigenvalue weighted by atomic mass is 16.5. The zero-order valence-corrected chi connectivity index (χ0v) is 18.7. The molecule has 0 saturated heterocycles. The number of hydrogen-bond acceptors (Lipinski definition) is 7. The lowest BCUT2D eigenvalue weighted by molar-refractivity contribution is 0.302. The van der Waals surface area contributed by atoms with E-state index < -0.39 is 0 Å². The molecule has 4 aromatic rings. The molecule has 7 heteroatoms. The Hall–Kier alpha value is -4.52. The lowest BCUT2D eigenvalue weighted by atomic mass is 10.0. The Bertz CT molecular complexity index is 1320. The molecule has 0 amide bonds. The van der Waals surface area contributed by atoms with E-state index in [0.29, 0.717) is 30.4 Å². The highest BCUT2D eigenvalue weighted by Crippen LogP contribution is 2.24. The first-order valence-corrected chi connectivity index (χ1v) is 10.8. The van der Waals surface area contributed by atoms with Crippen LogP contribution >= 0.6 is 0 Å². The number of ether oxygens (including phenoxy) is 3. The van der Waals surface area contributed by atoms with Crippen molar-refractivity contribution in [1.29, 1.82) is 10.8 Å². The summed E-state index contributed by atoms with van der Waals surface area (Å²) in [4.78, 5) is 8.89. The van der Waals surface area contributed by atoms with E-state index in [2.05, 4.69) is 9.97 Å². The molecule has 0 atom stereocenters. The Morgan fingerprint density at radius 3 is 2.50 bits per heavy atom. The van der Waals surface area contributed by atoms with Crippen molar-refractivity contribution in [2.45, 2.75) is 13.5 Å². The van der Waals surface area contributed by atoms with Crippen LogP contribution in [-0.2, 0) is 11.3 Å². The number of hydrogen-bond donors (Lipinski definition) is 2. The van der Waals surface area contributed by atoms with Gasteiger partial charge in [-0.05, 0) is 54.5 Å². The standard InChI is InChI=1S/C27H24N4O3/c1-2-32-26-14-7-19(16-30-26)15-24(27(29)34-18-28)20-9-12-23(13-10-20)33-17-22-11-8-21-5-3-4-6-25(21)31-22/h3-16,18,28-29H,2,17H2,1H3/b24-15+,28-18?,29-27?. The third kappa shape index (κ3) is 5.63. The maximum Gasteiger partial charge on any atom is 0.221 e. The second kappa shape index (κ2) is 10.9. The molecule has 170 valence electrons. The molecule has 0 unspecified atom stereocenters. The van der Waals surface area contributed by atoms with Crippen molar-refractivity contribution in [3.8, 4) is 11.6 Å². The maximum absolute atomic E-state index is 8.23. The van der Waals surface area contributed by atoms with Gasteiger partial charge in [-0.1, -0.05) is 36.4 Å². The van der Waals surface area contributed by atoms with Crippen molar-refractivity contribution < 1.29 is 14.2 Å². The molecule has 2 aromatic carbocycles. The number of fused-ring (bicyclic) bond motifs is 1. The minimum absolute atomic E-state index is 0.141. The Kier molecular flexibility index (Phi) is 7.25. The van der Waals surface area contributed by atoms with E-state index in [1.807, 2.05) is 73.7 Å². The van der Waals surface area contributed by atoms with Crippen molar-refractivity contribution in [2.75, 3.05) is 6.61 Å². The van der Waals surface area contributed by atoms with Gasteiger partial charge in [0.25, 0.3) is 0 Å². The van der Waals surface area contributed by atoms with Crippen LogP contribution in [0, 0.1) is 10.8 Å². The van der Waals surface area contributed by atoms with Crippen LogP contribution in [0.15, 0.2) is 79.0 Å². The van der Waals surface area contributed by atoms with Crippen molar-refractivity contribution in [1.82, 2.24) is 9.97 Å². The number of pyridine rings is 2. The van der Waals surface area contributed by atoms with Crippen molar-refractivity contribution in [2.24, 2.45) is 0 Å². The molecule has 0 fully saturated rings. The number of rotatable bonds is 9. The fourth-order valence-electron chi connectivity index (χ4n) is 3.36. The zero-order valence-electron chi connectivity index (χ0n) is 18.7. The minimum Gasteiger partial charge on any atom is -0.487 e. The van der Waals surface area contributed by atoms with E-state index in [9.17, 15) is 0 Å². The lowest BCUT2D eigenvalue weighted by Crippen LogP contribution is -2.05. The molecule has 4 rings (SSSR count). The van der Waals surface area contributed by atoms with Gasteiger partial charge in [0.2, 0.25) is 11.8 Å². The topological polar surface area (TPSA) is 101 Å². The summed E-state index contributed by atoms with van der Waals surface area (Å²) in [7, 11) is 0. The number of para-hydroxylation sites is 1. The Morgan fingerprint density at radius 1 is 0.941 bits per heavy atom. The molecule has 0 saturated carbocycles. The molecule has 0 aliphatic carbocycles. The van der Waals surface area contributed by atoms with Gasteiger partial charge in [-0.2, -0.15) is 0 Å². The van der Waals surface area contributed by atoms with E-state index in [-0.39, 0.29) is 5.90 Å². The molecular weight excluding hydrogens is 428 g/mol. The Labute approximate surface area is 197 Å². The minimum atomic E-state index is -0.141. The fraction of sp³-hybridized carbons (Fsp3) is 0.111. The summed E-state index contributed by atoms with van der Waals surface area (Å²) in [6.07, 6.45) is 4.18. The SMILES string of the molecule is CCOc1ccc(/C=C(/C(=N)OC=N)c2ccc(OCc3ccc4ccccc4n3)cc2)cn1. The highest BCUT2D eigenvalue weighted by Gasteiger charge is 2.11. The molecule has 0 bridgehead atoms. The Balaban J connectivity index is 1.50. The third-order valence-corrected chi connectivity index (χ3v) is 4.99. The summed E-state index contributed by atoms with van der Waals surface area (Å²) in [5.74, 6) is 1.08. The third-order valence-electron chi connectivity index (χ3n) is 4.99. The van der Waals surface area contributed by atoms with Crippen LogP contribution in [0.25, 0.3) is 22.6 Å². The number of aromatic nitrogens is 2. The molecular formula is C27H24N4O3. The molecule has 0 aliphatic heterocycles. The molecule has 2 heterocycles. The second-order valence-electron chi connectivity index (χ2n) is 7.29. The van der Waals surface area contributed by atoms with Gasteiger partial charge >= 0.3 is 0 Å².